The van der Waals surface area contributed by atoms with Crippen LogP contribution in [0, 0.1) is 0 Å². The van der Waals surface area contributed by atoms with Gasteiger partial charge in [0.2, 0.25) is 0 Å². The van der Waals surface area contributed by atoms with Gasteiger partial charge in [0.15, 0.2) is 16.7 Å². The second kappa shape index (κ2) is 9.04. The molecule has 0 aromatic heterocycles. The fourth-order valence-electron chi connectivity index (χ4n) is 2.72. The van der Waals surface area contributed by atoms with Crippen LogP contribution in [-0.4, -0.2) is 47.3 Å². The quantitative estimate of drug-likeness (QED) is 0.688. The number of nitrogens with zero attached hydrogens (tertiary/aromatic N) is 2. The number of ether oxygens (including phenoxy) is 2. The van der Waals surface area contributed by atoms with Crippen molar-refractivity contribution in [2.24, 2.45) is 4.99 Å². The molecule has 1 N–H and O–H groups in total. The SMILES string of the molecule is COc1cc(/C=C2/SC(=Nc3ccc(C(=O)O)cc3)N(C)C2=O)ccc1OC(C)C. The highest BCUT2D eigenvalue weighted by atomic mass is 32.2. The van der Waals surface area contributed by atoms with E-state index in [1.54, 1.807) is 32.4 Å². The topological polar surface area (TPSA) is 88.4 Å². The molecule has 30 heavy (non-hydrogen) atoms. The van der Waals surface area contributed by atoms with Crippen molar-refractivity contribution in [1.29, 1.82) is 0 Å². The van der Waals surface area contributed by atoms with E-state index >= 15 is 0 Å². The second-order valence-electron chi connectivity index (χ2n) is 6.80. The first kappa shape index (κ1) is 21.4. The van der Waals surface area contributed by atoms with Crippen LogP contribution < -0.4 is 9.47 Å². The van der Waals surface area contributed by atoms with Gasteiger partial charge in [-0.2, -0.15) is 0 Å². The molecule has 2 aromatic rings. The van der Waals surface area contributed by atoms with Gasteiger partial charge in [-0.1, -0.05) is 6.07 Å². The molecule has 2 aromatic carbocycles. The van der Waals surface area contributed by atoms with Gasteiger partial charge in [0.25, 0.3) is 5.91 Å². The second-order valence-corrected chi connectivity index (χ2v) is 7.81. The zero-order valence-electron chi connectivity index (χ0n) is 17.1. The number of amidine groups is 1. The molecular formula is C22H22N2O5S. The normalized spacial score (nSPS) is 16.6. The van der Waals surface area contributed by atoms with Gasteiger partial charge < -0.3 is 14.6 Å². The third kappa shape index (κ3) is 4.83. The van der Waals surface area contributed by atoms with Crippen LogP contribution in [0.3, 0.4) is 0 Å². The van der Waals surface area contributed by atoms with E-state index < -0.39 is 5.97 Å². The van der Waals surface area contributed by atoms with Gasteiger partial charge in [0.1, 0.15) is 0 Å². The fourth-order valence-corrected chi connectivity index (χ4v) is 3.70. The summed E-state index contributed by atoms with van der Waals surface area (Å²) in [5, 5.41) is 9.51. The first-order chi connectivity index (χ1) is 14.3. The number of likely N-dealkylation sites (N-methyl/N-ethyl adjacent to an activating group) is 1. The largest absolute Gasteiger partial charge is 0.493 e. The first-order valence-corrected chi connectivity index (χ1v) is 10.0. The minimum Gasteiger partial charge on any atom is -0.493 e. The number of thioether (sulfide) groups is 1. The van der Waals surface area contributed by atoms with Crippen molar-refractivity contribution < 1.29 is 24.2 Å². The molecule has 3 rings (SSSR count). The third-order valence-electron chi connectivity index (χ3n) is 4.19. The van der Waals surface area contributed by atoms with Crippen LogP contribution in [0.1, 0.15) is 29.8 Å². The minimum atomic E-state index is -0.998. The Balaban J connectivity index is 1.85. The molecule has 0 saturated carbocycles. The Morgan fingerprint density at radius 2 is 1.87 bits per heavy atom. The standard InChI is InChI=1S/C22H22N2O5S/c1-13(2)29-17-10-5-14(11-18(17)28-4)12-19-20(25)24(3)22(30-19)23-16-8-6-15(7-9-16)21(26)27/h5-13H,1-4H3,(H,26,27)/b19-12+,23-22?. The van der Waals surface area contributed by atoms with Gasteiger partial charge in [-0.15, -0.1) is 0 Å². The Kier molecular flexibility index (Phi) is 6.47. The Hall–Kier alpha value is -3.26. The number of carbonyl (C=O) groups is 2. The summed E-state index contributed by atoms with van der Waals surface area (Å²) >= 11 is 1.25. The molecule has 8 heteroatoms. The van der Waals surface area contributed by atoms with Crippen molar-refractivity contribution in [3.05, 3.63) is 58.5 Å². The molecule has 0 unspecified atom stereocenters. The van der Waals surface area contributed by atoms with Crippen LogP contribution in [0.2, 0.25) is 0 Å². The number of hydrogen-bond donors (Lipinski definition) is 1. The van der Waals surface area contributed by atoms with Gasteiger partial charge in [-0.25, -0.2) is 9.79 Å². The predicted octanol–water partition coefficient (Wildman–Crippen LogP) is 4.41. The smallest absolute Gasteiger partial charge is 0.335 e. The van der Waals surface area contributed by atoms with Crippen LogP contribution in [0.4, 0.5) is 5.69 Å². The van der Waals surface area contributed by atoms with Crippen molar-refractivity contribution >= 4 is 40.6 Å². The lowest BCUT2D eigenvalue weighted by Crippen LogP contribution is -2.23. The number of amides is 1. The molecule has 1 amide bonds. The molecule has 0 radical (unpaired) electrons. The summed E-state index contributed by atoms with van der Waals surface area (Å²) in [7, 11) is 3.23. The van der Waals surface area contributed by atoms with Crippen LogP contribution in [0.25, 0.3) is 6.08 Å². The van der Waals surface area contributed by atoms with Crippen LogP contribution in [0.5, 0.6) is 11.5 Å². The van der Waals surface area contributed by atoms with Crippen LogP contribution in [-0.2, 0) is 4.79 Å². The average Bonchev–Trinajstić information content (AvgIpc) is 2.97. The van der Waals surface area contributed by atoms with Gasteiger partial charge in [0.05, 0.1) is 29.4 Å². The van der Waals surface area contributed by atoms with E-state index in [-0.39, 0.29) is 17.6 Å². The minimum absolute atomic E-state index is 0.0204. The molecule has 0 atom stereocenters. The van der Waals surface area contributed by atoms with Crippen molar-refractivity contribution in [2.75, 3.05) is 14.2 Å². The molecule has 1 fully saturated rings. The van der Waals surface area contributed by atoms with Crippen molar-refractivity contribution in [3.63, 3.8) is 0 Å². The van der Waals surface area contributed by atoms with Gasteiger partial charge in [-0.3, -0.25) is 9.69 Å². The first-order valence-electron chi connectivity index (χ1n) is 9.23. The fraction of sp³-hybridized carbons (Fsp3) is 0.227. The summed E-state index contributed by atoms with van der Waals surface area (Å²) in [6, 6.07) is 11.7. The maximum atomic E-state index is 12.6. The van der Waals surface area contributed by atoms with Gasteiger partial charge >= 0.3 is 5.97 Å². The maximum Gasteiger partial charge on any atom is 0.335 e. The number of rotatable bonds is 6. The Labute approximate surface area is 179 Å². The average molecular weight is 426 g/mol. The van der Waals surface area contributed by atoms with Gasteiger partial charge in [0, 0.05) is 7.05 Å². The predicted molar refractivity (Wildman–Crippen MR) is 118 cm³/mol. The summed E-state index contributed by atoms with van der Waals surface area (Å²) in [4.78, 5) is 30.1. The maximum absolute atomic E-state index is 12.6. The summed E-state index contributed by atoms with van der Waals surface area (Å²) < 4.78 is 11.1. The lowest BCUT2D eigenvalue weighted by atomic mass is 10.2. The number of carboxylic acid groups (broad SMARTS) is 1. The van der Waals surface area contributed by atoms with E-state index in [9.17, 15) is 9.59 Å². The van der Waals surface area contributed by atoms with E-state index in [0.717, 1.165) is 5.56 Å². The zero-order chi connectivity index (χ0) is 21.8. The highest BCUT2D eigenvalue weighted by Crippen LogP contribution is 2.35. The van der Waals surface area contributed by atoms with Crippen LogP contribution in [0.15, 0.2) is 52.4 Å². The Bertz CT molecular complexity index is 1030. The molecule has 1 heterocycles. The number of aliphatic imine (C=N–C) groups is 1. The number of methoxy groups -OCH3 is 1. The number of aromatic carboxylic acids is 1. The van der Waals surface area contributed by atoms with Crippen molar-refractivity contribution in [2.45, 2.75) is 20.0 Å². The van der Waals surface area contributed by atoms with Crippen molar-refractivity contribution in [3.8, 4) is 11.5 Å². The molecule has 7 nitrogen and oxygen atoms in total. The zero-order valence-corrected chi connectivity index (χ0v) is 17.9. The van der Waals surface area contributed by atoms with Crippen LogP contribution >= 0.6 is 11.8 Å². The molecule has 0 spiro atoms. The van der Waals surface area contributed by atoms with E-state index in [1.165, 1.54) is 28.8 Å². The molecule has 0 bridgehead atoms. The Morgan fingerprint density at radius 1 is 1.17 bits per heavy atom. The summed E-state index contributed by atoms with van der Waals surface area (Å²) in [6.45, 7) is 3.88. The van der Waals surface area contributed by atoms with Crippen molar-refractivity contribution in [1.82, 2.24) is 4.90 Å². The molecule has 1 saturated heterocycles. The van der Waals surface area contributed by atoms with E-state index in [0.29, 0.717) is 27.3 Å². The Morgan fingerprint density at radius 3 is 2.47 bits per heavy atom. The molecule has 1 aliphatic heterocycles. The monoisotopic (exact) mass is 426 g/mol. The lowest BCUT2D eigenvalue weighted by molar-refractivity contribution is -0.121. The van der Waals surface area contributed by atoms with Gasteiger partial charge in [-0.05, 0) is 73.6 Å². The molecule has 0 aliphatic carbocycles. The lowest BCUT2D eigenvalue weighted by Gasteiger charge is -2.13. The third-order valence-corrected chi connectivity index (χ3v) is 5.25. The molecular weight excluding hydrogens is 404 g/mol. The van der Waals surface area contributed by atoms with E-state index in [4.69, 9.17) is 14.6 Å². The van der Waals surface area contributed by atoms with E-state index in [1.807, 2.05) is 32.0 Å². The molecule has 156 valence electrons. The highest BCUT2D eigenvalue weighted by molar-refractivity contribution is 8.18. The highest BCUT2D eigenvalue weighted by Gasteiger charge is 2.30. The summed E-state index contributed by atoms with van der Waals surface area (Å²) in [5.74, 6) is 0.0723. The van der Waals surface area contributed by atoms with E-state index in [2.05, 4.69) is 4.99 Å². The summed E-state index contributed by atoms with van der Waals surface area (Å²) in [6.07, 6.45) is 1.80. The number of hydrogen-bond acceptors (Lipinski definition) is 6. The number of carbonyl (C=O) groups excluding carboxylic acids is 1. The molecule has 1 aliphatic rings. The summed E-state index contributed by atoms with van der Waals surface area (Å²) in [5.41, 5.74) is 1.56. The number of carboxylic acids is 1. The number of benzene rings is 2.